The van der Waals surface area contributed by atoms with Gasteiger partial charge >= 0.3 is 5.97 Å². The summed E-state index contributed by atoms with van der Waals surface area (Å²) in [5.41, 5.74) is 0.736. The Kier molecular flexibility index (Phi) is 5.71. The quantitative estimate of drug-likeness (QED) is 0.787. The molecular weight excluding hydrogens is 374 g/mol. The van der Waals surface area contributed by atoms with Crippen molar-refractivity contribution in [3.8, 4) is 17.2 Å². The predicted octanol–water partition coefficient (Wildman–Crippen LogP) is 3.30. The van der Waals surface area contributed by atoms with Gasteiger partial charge in [-0.05, 0) is 43.3 Å². The second kappa shape index (κ2) is 8.18. The lowest BCUT2D eigenvalue weighted by Gasteiger charge is -2.20. The molecule has 0 fully saturated rings. The first-order chi connectivity index (χ1) is 13.0. The van der Waals surface area contributed by atoms with Crippen LogP contribution in [0.3, 0.4) is 0 Å². The zero-order valence-electron chi connectivity index (χ0n) is 14.8. The molecule has 142 valence electrons. The summed E-state index contributed by atoms with van der Waals surface area (Å²) in [6.45, 7) is 2.23. The number of rotatable bonds is 5. The van der Waals surface area contributed by atoms with Crippen LogP contribution >= 0.6 is 11.6 Å². The van der Waals surface area contributed by atoms with Gasteiger partial charge in [-0.1, -0.05) is 11.6 Å². The highest BCUT2D eigenvalue weighted by Crippen LogP contribution is 2.38. The third kappa shape index (κ3) is 4.43. The summed E-state index contributed by atoms with van der Waals surface area (Å²) in [6, 6.07) is 9.70. The summed E-state index contributed by atoms with van der Waals surface area (Å²) in [5.74, 6) is 0.284. The molecule has 1 N–H and O–H groups in total. The van der Waals surface area contributed by atoms with Crippen LogP contribution in [0, 0.1) is 0 Å². The largest absolute Gasteiger partial charge is 0.497 e. The van der Waals surface area contributed by atoms with Crippen molar-refractivity contribution in [2.24, 2.45) is 0 Å². The minimum Gasteiger partial charge on any atom is -0.497 e. The Bertz CT molecular complexity index is 852. The maximum atomic E-state index is 12.4. The number of esters is 1. The number of nitrogens with one attached hydrogen (secondary N) is 1. The Morgan fingerprint density at radius 1 is 1.15 bits per heavy atom. The number of methoxy groups -OCH3 is 1. The molecular formula is C19H18ClNO6. The van der Waals surface area contributed by atoms with E-state index in [0.29, 0.717) is 36.1 Å². The lowest BCUT2D eigenvalue weighted by atomic mass is 10.2. The van der Waals surface area contributed by atoms with Gasteiger partial charge in [0.15, 0.2) is 17.6 Å². The number of carbonyl (C=O) groups excluding carboxylic acids is 2. The van der Waals surface area contributed by atoms with Crippen molar-refractivity contribution < 1.29 is 28.5 Å². The first-order valence-electron chi connectivity index (χ1n) is 8.23. The number of hydrogen-bond donors (Lipinski definition) is 1. The summed E-state index contributed by atoms with van der Waals surface area (Å²) in [7, 11) is 1.55. The SMILES string of the molecule is COc1ccc(NC(=O)[C@H](C)OC(=O)c2cc(Cl)c3c(c2)OCCO3)cc1. The van der Waals surface area contributed by atoms with E-state index in [4.69, 9.17) is 30.5 Å². The molecule has 0 saturated carbocycles. The molecule has 1 aliphatic heterocycles. The van der Waals surface area contributed by atoms with Crippen molar-refractivity contribution in [1.82, 2.24) is 0 Å². The molecule has 0 aliphatic carbocycles. The number of anilines is 1. The van der Waals surface area contributed by atoms with Crippen molar-refractivity contribution >= 4 is 29.2 Å². The lowest BCUT2D eigenvalue weighted by Crippen LogP contribution is -2.30. The number of amides is 1. The molecule has 1 atom stereocenters. The van der Waals surface area contributed by atoms with Crippen molar-refractivity contribution in [1.29, 1.82) is 0 Å². The highest BCUT2D eigenvalue weighted by molar-refractivity contribution is 6.32. The molecule has 0 spiro atoms. The first-order valence-corrected chi connectivity index (χ1v) is 8.61. The third-order valence-electron chi connectivity index (χ3n) is 3.84. The standard InChI is InChI=1S/C19H18ClNO6/c1-11(18(22)21-13-3-5-14(24-2)6-4-13)27-19(23)12-9-15(20)17-16(10-12)25-7-8-26-17/h3-6,9-11H,7-8H2,1-2H3,(H,21,22)/t11-/m0/s1. The molecule has 2 aromatic carbocycles. The van der Waals surface area contributed by atoms with Crippen LogP contribution in [0.1, 0.15) is 17.3 Å². The average molecular weight is 392 g/mol. The van der Waals surface area contributed by atoms with E-state index in [1.54, 1.807) is 31.4 Å². The fourth-order valence-corrected chi connectivity index (χ4v) is 2.69. The Balaban J connectivity index is 1.64. The van der Waals surface area contributed by atoms with Crippen LogP contribution in [0.5, 0.6) is 17.2 Å². The molecule has 0 bridgehead atoms. The van der Waals surface area contributed by atoms with Gasteiger partial charge in [0.2, 0.25) is 0 Å². The van der Waals surface area contributed by atoms with Crippen LogP contribution in [0.25, 0.3) is 0 Å². The van der Waals surface area contributed by atoms with Gasteiger partial charge in [0.1, 0.15) is 19.0 Å². The van der Waals surface area contributed by atoms with E-state index in [0.717, 1.165) is 0 Å². The van der Waals surface area contributed by atoms with E-state index < -0.39 is 18.0 Å². The fourth-order valence-electron chi connectivity index (χ4n) is 2.43. The van der Waals surface area contributed by atoms with Gasteiger partial charge in [0.25, 0.3) is 5.91 Å². The van der Waals surface area contributed by atoms with E-state index >= 15 is 0 Å². The Morgan fingerprint density at radius 3 is 2.56 bits per heavy atom. The number of halogens is 1. The van der Waals surface area contributed by atoms with Crippen molar-refractivity contribution in [3.63, 3.8) is 0 Å². The molecule has 0 radical (unpaired) electrons. The van der Waals surface area contributed by atoms with Crippen LogP contribution < -0.4 is 19.5 Å². The highest BCUT2D eigenvalue weighted by atomic mass is 35.5. The van der Waals surface area contributed by atoms with Gasteiger partial charge in [-0.3, -0.25) is 4.79 Å². The van der Waals surface area contributed by atoms with Crippen LogP contribution in [-0.2, 0) is 9.53 Å². The van der Waals surface area contributed by atoms with Crippen molar-refractivity contribution in [2.75, 3.05) is 25.6 Å². The number of fused-ring (bicyclic) bond motifs is 1. The molecule has 3 rings (SSSR count). The molecule has 0 saturated heterocycles. The fraction of sp³-hybridized carbons (Fsp3) is 0.263. The second-order valence-corrected chi connectivity index (χ2v) is 6.15. The normalized spacial score (nSPS) is 13.4. The van der Waals surface area contributed by atoms with Crippen molar-refractivity contribution in [3.05, 3.63) is 47.0 Å². The predicted molar refractivity (Wildman–Crippen MR) is 98.9 cm³/mol. The summed E-state index contributed by atoms with van der Waals surface area (Å²) < 4.78 is 21.1. The summed E-state index contributed by atoms with van der Waals surface area (Å²) in [4.78, 5) is 24.6. The molecule has 0 aromatic heterocycles. The Hall–Kier alpha value is -2.93. The first kappa shape index (κ1) is 18.8. The summed E-state index contributed by atoms with van der Waals surface area (Å²) in [5, 5.41) is 2.91. The molecule has 8 heteroatoms. The molecule has 1 heterocycles. The zero-order chi connectivity index (χ0) is 19.4. The molecule has 1 aliphatic rings. The maximum Gasteiger partial charge on any atom is 0.339 e. The zero-order valence-corrected chi connectivity index (χ0v) is 15.5. The molecule has 2 aromatic rings. The van der Waals surface area contributed by atoms with Crippen molar-refractivity contribution in [2.45, 2.75) is 13.0 Å². The Morgan fingerprint density at radius 2 is 1.85 bits per heavy atom. The van der Waals surface area contributed by atoms with Crippen LogP contribution in [0.4, 0.5) is 5.69 Å². The minimum atomic E-state index is -1.01. The minimum absolute atomic E-state index is 0.174. The highest BCUT2D eigenvalue weighted by Gasteiger charge is 2.23. The molecule has 27 heavy (non-hydrogen) atoms. The van der Waals surface area contributed by atoms with Gasteiger partial charge in [-0.25, -0.2) is 4.79 Å². The number of benzene rings is 2. The number of ether oxygens (including phenoxy) is 4. The summed E-state index contributed by atoms with van der Waals surface area (Å²) >= 11 is 6.12. The molecule has 1 amide bonds. The molecule has 7 nitrogen and oxygen atoms in total. The van der Waals surface area contributed by atoms with Gasteiger partial charge in [-0.15, -0.1) is 0 Å². The van der Waals surface area contributed by atoms with E-state index in [1.165, 1.54) is 19.1 Å². The van der Waals surface area contributed by atoms with E-state index in [2.05, 4.69) is 5.32 Å². The van der Waals surface area contributed by atoms with Gasteiger partial charge in [0.05, 0.1) is 17.7 Å². The Labute approximate surface area is 161 Å². The third-order valence-corrected chi connectivity index (χ3v) is 4.12. The summed E-state index contributed by atoms with van der Waals surface area (Å²) in [6.07, 6.45) is -1.01. The maximum absolute atomic E-state index is 12.4. The molecule has 0 unspecified atom stereocenters. The van der Waals surface area contributed by atoms with Gasteiger partial charge < -0.3 is 24.3 Å². The topological polar surface area (TPSA) is 83.1 Å². The van der Waals surface area contributed by atoms with Gasteiger partial charge in [-0.2, -0.15) is 0 Å². The van der Waals surface area contributed by atoms with Crippen LogP contribution in [0.2, 0.25) is 5.02 Å². The monoisotopic (exact) mass is 391 g/mol. The van der Waals surface area contributed by atoms with E-state index in [-0.39, 0.29) is 10.6 Å². The number of carbonyl (C=O) groups is 2. The van der Waals surface area contributed by atoms with E-state index in [9.17, 15) is 9.59 Å². The van der Waals surface area contributed by atoms with Crippen LogP contribution in [0.15, 0.2) is 36.4 Å². The lowest BCUT2D eigenvalue weighted by molar-refractivity contribution is -0.123. The van der Waals surface area contributed by atoms with Crippen LogP contribution in [-0.4, -0.2) is 38.3 Å². The van der Waals surface area contributed by atoms with E-state index in [1.807, 2.05) is 0 Å². The smallest absolute Gasteiger partial charge is 0.339 e. The average Bonchev–Trinajstić information content (AvgIpc) is 2.68. The number of hydrogen-bond acceptors (Lipinski definition) is 6. The van der Waals surface area contributed by atoms with Gasteiger partial charge in [0, 0.05) is 5.69 Å². The second-order valence-electron chi connectivity index (χ2n) is 5.75.